The summed E-state index contributed by atoms with van der Waals surface area (Å²) in [5, 5.41) is 9.47. The average molecular weight is 359 g/mol. The molecule has 1 saturated heterocycles. The van der Waals surface area contributed by atoms with Gasteiger partial charge in [0, 0.05) is 50.7 Å². The highest BCUT2D eigenvalue weighted by Crippen LogP contribution is 2.19. The van der Waals surface area contributed by atoms with Gasteiger partial charge < -0.3 is 14.6 Å². The van der Waals surface area contributed by atoms with Crippen molar-refractivity contribution >= 4 is 23.0 Å². The summed E-state index contributed by atoms with van der Waals surface area (Å²) in [5.74, 6) is -0.655. The van der Waals surface area contributed by atoms with Gasteiger partial charge in [0.05, 0.1) is 5.39 Å². The molecule has 0 aliphatic carbocycles. The monoisotopic (exact) mass is 359 g/mol. The van der Waals surface area contributed by atoms with Crippen LogP contribution in [0.4, 0.5) is 5.95 Å². The minimum Gasteiger partial charge on any atom is -0.477 e. The fraction of sp³-hybridized carbons (Fsp3) is 0.556. The number of aromatic carboxylic acids is 1. The minimum absolute atomic E-state index is 0.131. The number of carbonyl (C=O) groups is 1. The maximum absolute atomic E-state index is 12.4. The summed E-state index contributed by atoms with van der Waals surface area (Å²) in [6, 6.07) is 0. The second-order valence-corrected chi connectivity index (χ2v) is 7.52. The lowest BCUT2D eigenvalue weighted by molar-refractivity contribution is 0.0695. The van der Waals surface area contributed by atoms with Gasteiger partial charge in [0.15, 0.2) is 0 Å². The summed E-state index contributed by atoms with van der Waals surface area (Å²) < 4.78 is 1.69. The Morgan fingerprint density at radius 3 is 2.42 bits per heavy atom. The van der Waals surface area contributed by atoms with Gasteiger partial charge in [-0.1, -0.05) is 0 Å². The standard InChI is InChI=1S/C18H25N5O3/c1-5-21-11-13(16(25)26)14(24)12-10-19-17(20-15(12)21)22-6-8-23(9-7-22)18(2,3)4/h10-11H,5-9H2,1-4H3,(H,25,26). The van der Waals surface area contributed by atoms with E-state index in [1.807, 2.05) is 6.92 Å². The molecule has 2 aromatic rings. The molecular weight excluding hydrogens is 334 g/mol. The van der Waals surface area contributed by atoms with E-state index in [9.17, 15) is 14.7 Å². The quantitative estimate of drug-likeness (QED) is 0.886. The van der Waals surface area contributed by atoms with E-state index in [0.29, 0.717) is 18.1 Å². The Bertz CT molecular complexity index is 892. The molecule has 0 saturated carbocycles. The topological polar surface area (TPSA) is 91.6 Å². The molecule has 0 atom stereocenters. The van der Waals surface area contributed by atoms with Crippen molar-refractivity contribution in [1.82, 2.24) is 19.4 Å². The van der Waals surface area contributed by atoms with Gasteiger partial charge in [0.2, 0.25) is 11.4 Å². The van der Waals surface area contributed by atoms with Crippen molar-refractivity contribution in [3.05, 3.63) is 28.2 Å². The second-order valence-electron chi connectivity index (χ2n) is 7.52. The number of hydrogen-bond acceptors (Lipinski definition) is 6. The third-order valence-electron chi connectivity index (χ3n) is 4.88. The number of fused-ring (bicyclic) bond motifs is 1. The maximum atomic E-state index is 12.4. The SMILES string of the molecule is CCn1cc(C(=O)O)c(=O)c2cnc(N3CCN(C(C)(C)C)CC3)nc21. The first-order valence-electron chi connectivity index (χ1n) is 8.86. The Labute approximate surface area is 152 Å². The molecule has 1 fully saturated rings. The molecule has 2 aromatic heterocycles. The van der Waals surface area contributed by atoms with Crippen LogP contribution >= 0.6 is 0 Å². The number of piperazine rings is 1. The van der Waals surface area contributed by atoms with Gasteiger partial charge in [-0.15, -0.1) is 0 Å². The number of carboxylic acids is 1. The number of nitrogens with zero attached hydrogens (tertiary/aromatic N) is 5. The van der Waals surface area contributed by atoms with Gasteiger partial charge in [0.1, 0.15) is 11.2 Å². The molecule has 0 bridgehead atoms. The Balaban J connectivity index is 1.96. The van der Waals surface area contributed by atoms with E-state index in [-0.39, 0.29) is 16.5 Å². The van der Waals surface area contributed by atoms with Crippen LogP contribution in [0.1, 0.15) is 38.1 Å². The van der Waals surface area contributed by atoms with Crippen molar-refractivity contribution in [2.45, 2.75) is 39.8 Å². The highest BCUT2D eigenvalue weighted by Gasteiger charge is 2.27. The van der Waals surface area contributed by atoms with Crippen LogP contribution in [0.15, 0.2) is 17.2 Å². The van der Waals surface area contributed by atoms with Crippen molar-refractivity contribution in [3.8, 4) is 0 Å². The summed E-state index contributed by atoms with van der Waals surface area (Å²) in [6.45, 7) is 12.5. The van der Waals surface area contributed by atoms with Gasteiger partial charge in [-0.2, -0.15) is 4.98 Å². The van der Waals surface area contributed by atoms with E-state index in [2.05, 4.69) is 40.5 Å². The smallest absolute Gasteiger partial charge is 0.341 e. The summed E-state index contributed by atoms with van der Waals surface area (Å²) in [6.07, 6.45) is 2.82. The molecule has 3 rings (SSSR count). The van der Waals surface area contributed by atoms with Crippen molar-refractivity contribution in [2.75, 3.05) is 31.1 Å². The van der Waals surface area contributed by atoms with Gasteiger partial charge in [0.25, 0.3) is 0 Å². The predicted octanol–water partition coefficient (Wildman–Crippen LogP) is 1.43. The molecule has 0 amide bonds. The van der Waals surface area contributed by atoms with Gasteiger partial charge >= 0.3 is 5.97 Å². The van der Waals surface area contributed by atoms with Gasteiger partial charge in [-0.05, 0) is 27.7 Å². The highest BCUT2D eigenvalue weighted by molar-refractivity contribution is 5.91. The number of aromatic nitrogens is 3. The fourth-order valence-corrected chi connectivity index (χ4v) is 3.29. The van der Waals surface area contributed by atoms with E-state index >= 15 is 0 Å². The third kappa shape index (κ3) is 3.29. The number of rotatable bonds is 3. The van der Waals surface area contributed by atoms with Crippen LogP contribution in [-0.4, -0.2) is 62.2 Å². The highest BCUT2D eigenvalue weighted by atomic mass is 16.4. The maximum Gasteiger partial charge on any atom is 0.341 e. The lowest BCUT2D eigenvalue weighted by Gasteiger charge is -2.42. The van der Waals surface area contributed by atoms with Crippen LogP contribution in [0, 0.1) is 0 Å². The van der Waals surface area contributed by atoms with Crippen LogP contribution in [0.5, 0.6) is 0 Å². The Morgan fingerprint density at radius 2 is 1.88 bits per heavy atom. The molecule has 0 radical (unpaired) electrons. The molecule has 0 spiro atoms. The summed E-state index contributed by atoms with van der Waals surface area (Å²) in [5.41, 5.74) is -0.187. The second kappa shape index (κ2) is 6.68. The first-order chi connectivity index (χ1) is 12.2. The zero-order chi connectivity index (χ0) is 19.1. The van der Waals surface area contributed by atoms with E-state index in [1.54, 1.807) is 4.57 Å². The molecule has 0 unspecified atom stereocenters. The molecule has 1 N–H and O–H groups in total. The first kappa shape index (κ1) is 18.3. The number of aryl methyl sites for hydroxylation is 1. The molecule has 8 nitrogen and oxygen atoms in total. The molecule has 1 aliphatic heterocycles. The average Bonchev–Trinajstić information content (AvgIpc) is 2.61. The number of pyridine rings is 1. The predicted molar refractivity (Wildman–Crippen MR) is 100.0 cm³/mol. The van der Waals surface area contributed by atoms with Crippen molar-refractivity contribution in [2.24, 2.45) is 0 Å². The molecule has 3 heterocycles. The molecule has 0 aromatic carbocycles. The van der Waals surface area contributed by atoms with Crippen molar-refractivity contribution in [1.29, 1.82) is 0 Å². The van der Waals surface area contributed by atoms with Crippen LogP contribution in [-0.2, 0) is 6.54 Å². The lowest BCUT2D eigenvalue weighted by atomic mass is 10.1. The minimum atomic E-state index is -1.23. The van der Waals surface area contributed by atoms with E-state index in [4.69, 9.17) is 0 Å². The summed E-state index contributed by atoms with van der Waals surface area (Å²) >= 11 is 0. The van der Waals surface area contributed by atoms with Crippen LogP contribution in [0.3, 0.4) is 0 Å². The van der Waals surface area contributed by atoms with E-state index in [0.717, 1.165) is 26.2 Å². The number of anilines is 1. The van der Waals surface area contributed by atoms with Crippen LogP contribution in [0.2, 0.25) is 0 Å². The Hall–Kier alpha value is -2.48. The van der Waals surface area contributed by atoms with Gasteiger partial charge in [-0.25, -0.2) is 9.78 Å². The van der Waals surface area contributed by atoms with Crippen LogP contribution < -0.4 is 10.3 Å². The van der Waals surface area contributed by atoms with Crippen molar-refractivity contribution in [3.63, 3.8) is 0 Å². The van der Waals surface area contributed by atoms with E-state index < -0.39 is 11.4 Å². The first-order valence-corrected chi connectivity index (χ1v) is 8.86. The van der Waals surface area contributed by atoms with Crippen molar-refractivity contribution < 1.29 is 9.90 Å². The molecule has 26 heavy (non-hydrogen) atoms. The molecular formula is C18H25N5O3. The zero-order valence-electron chi connectivity index (χ0n) is 15.7. The normalized spacial score (nSPS) is 16.2. The molecule has 140 valence electrons. The Morgan fingerprint density at radius 1 is 1.23 bits per heavy atom. The molecule has 1 aliphatic rings. The van der Waals surface area contributed by atoms with Gasteiger partial charge in [-0.3, -0.25) is 9.69 Å². The zero-order valence-corrected chi connectivity index (χ0v) is 15.7. The Kier molecular flexibility index (Phi) is 4.70. The van der Waals surface area contributed by atoms with Crippen LogP contribution in [0.25, 0.3) is 11.0 Å². The number of carboxylic acid groups (broad SMARTS) is 1. The molecule has 8 heteroatoms. The number of hydrogen-bond donors (Lipinski definition) is 1. The summed E-state index contributed by atoms with van der Waals surface area (Å²) in [7, 11) is 0. The van der Waals surface area contributed by atoms with E-state index in [1.165, 1.54) is 12.4 Å². The fourth-order valence-electron chi connectivity index (χ4n) is 3.29. The third-order valence-corrected chi connectivity index (χ3v) is 4.88. The lowest BCUT2D eigenvalue weighted by Crippen LogP contribution is -2.53. The largest absolute Gasteiger partial charge is 0.477 e. The summed E-state index contributed by atoms with van der Waals surface area (Å²) in [4.78, 5) is 37.1.